The third-order valence-electron chi connectivity index (χ3n) is 8.46. The summed E-state index contributed by atoms with van der Waals surface area (Å²) in [7, 11) is 0. The lowest BCUT2D eigenvalue weighted by atomic mass is 9.67. The maximum absolute atomic E-state index is 14.0. The number of anilines is 2. The summed E-state index contributed by atoms with van der Waals surface area (Å²) in [5.74, 6) is -2.00. The van der Waals surface area contributed by atoms with Crippen LogP contribution in [0.5, 0.6) is 5.75 Å². The Labute approximate surface area is 219 Å². The van der Waals surface area contributed by atoms with Gasteiger partial charge in [-0.25, -0.2) is 4.90 Å². The normalized spacial score (nSPS) is 27.5. The number of ether oxygens (including phenoxy) is 1. The van der Waals surface area contributed by atoms with Gasteiger partial charge in [-0.2, -0.15) is 5.26 Å². The molecule has 3 heterocycles. The van der Waals surface area contributed by atoms with Crippen LogP contribution in [0.4, 0.5) is 11.4 Å². The zero-order chi connectivity index (χ0) is 26.7. The van der Waals surface area contributed by atoms with E-state index in [-0.39, 0.29) is 29.9 Å². The van der Waals surface area contributed by atoms with Crippen molar-refractivity contribution in [3.05, 3.63) is 66.2 Å². The van der Waals surface area contributed by atoms with E-state index >= 15 is 0 Å². The summed E-state index contributed by atoms with van der Waals surface area (Å²) in [6.07, 6.45) is 2.45. The van der Waals surface area contributed by atoms with Crippen LogP contribution in [-0.4, -0.2) is 34.0 Å². The molecule has 38 heavy (non-hydrogen) atoms. The van der Waals surface area contributed by atoms with Crippen molar-refractivity contribution in [3.63, 3.8) is 0 Å². The number of amides is 3. The van der Waals surface area contributed by atoms with Gasteiger partial charge in [0.05, 0.1) is 46.0 Å². The molecule has 3 saturated heterocycles. The summed E-state index contributed by atoms with van der Waals surface area (Å²) in [5.41, 5.74) is -0.226. The molecule has 6 rings (SSSR count). The SMILES string of the molecule is CC12CCC(CCCC(=O)Nc3ccccc3O)(O1)C1C(=O)N(c3ccc(C#N)c4ccccc34)C(=O)C12. The number of benzene rings is 3. The molecule has 0 saturated carbocycles. The Morgan fingerprint density at radius 1 is 1.05 bits per heavy atom. The zero-order valence-electron chi connectivity index (χ0n) is 20.9. The standard InChI is InChI=1S/C30H27N3O5/c1-29-15-16-30(38-29,14-6-11-24(35)32-21-9-4-5-10-23(21)34)26-25(29)27(36)33(28(26)37)22-13-12-18(17-31)19-7-2-3-8-20(19)22/h2-5,7-10,12-13,25-26,34H,6,11,14-16H2,1H3,(H,32,35). The molecule has 3 fully saturated rings. The average molecular weight is 510 g/mol. The van der Waals surface area contributed by atoms with Gasteiger partial charge in [0.25, 0.3) is 0 Å². The Hall–Kier alpha value is -4.22. The lowest BCUT2D eigenvalue weighted by Crippen LogP contribution is -2.42. The summed E-state index contributed by atoms with van der Waals surface area (Å²) in [4.78, 5) is 41.6. The van der Waals surface area contributed by atoms with Crippen LogP contribution in [0.25, 0.3) is 10.8 Å². The second-order valence-corrected chi connectivity index (χ2v) is 10.7. The molecule has 0 spiro atoms. The molecule has 0 aromatic heterocycles. The molecule has 0 radical (unpaired) electrons. The van der Waals surface area contributed by atoms with Crippen molar-refractivity contribution in [2.45, 2.75) is 50.2 Å². The quantitative estimate of drug-likeness (QED) is 0.369. The van der Waals surface area contributed by atoms with Crippen molar-refractivity contribution in [1.29, 1.82) is 5.26 Å². The number of nitriles is 1. The maximum atomic E-state index is 14.0. The summed E-state index contributed by atoms with van der Waals surface area (Å²) in [5, 5.41) is 23.5. The van der Waals surface area contributed by atoms with Gasteiger partial charge < -0.3 is 15.2 Å². The fourth-order valence-corrected chi connectivity index (χ4v) is 6.76. The molecule has 4 unspecified atom stereocenters. The van der Waals surface area contributed by atoms with Crippen LogP contribution in [0.15, 0.2) is 60.7 Å². The lowest BCUT2D eigenvalue weighted by Gasteiger charge is -2.31. The van der Waals surface area contributed by atoms with Crippen molar-refractivity contribution in [2.24, 2.45) is 11.8 Å². The van der Waals surface area contributed by atoms with Crippen LogP contribution in [0, 0.1) is 23.2 Å². The Morgan fingerprint density at radius 2 is 1.76 bits per heavy atom. The fraction of sp³-hybridized carbons (Fsp3) is 0.333. The number of fused-ring (bicyclic) bond motifs is 6. The number of phenols is 1. The minimum Gasteiger partial charge on any atom is -0.506 e. The van der Waals surface area contributed by atoms with Gasteiger partial charge in [-0.15, -0.1) is 0 Å². The zero-order valence-corrected chi connectivity index (χ0v) is 20.9. The molecule has 8 heteroatoms. The van der Waals surface area contributed by atoms with E-state index in [4.69, 9.17) is 4.74 Å². The number of para-hydroxylation sites is 2. The second-order valence-electron chi connectivity index (χ2n) is 10.7. The summed E-state index contributed by atoms with van der Waals surface area (Å²) in [6.45, 7) is 1.91. The van der Waals surface area contributed by atoms with Crippen molar-refractivity contribution in [2.75, 3.05) is 10.2 Å². The number of rotatable bonds is 6. The number of aromatic hydroxyl groups is 1. The van der Waals surface area contributed by atoms with Crippen LogP contribution >= 0.6 is 0 Å². The first-order valence-electron chi connectivity index (χ1n) is 12.9. The van der Waals surface area contributed by atoms with Gasteiger partial charge in [0, 0.05) is 17.2 Å². The molecule has 4 atom stereocenters. The highest BCUT2D eigenvalue weighted by atomic mass is 16.5. The topological polar surface area (TPSA) is 120 Å². The molecule has 3 aromatic rings. The van der Waals surface area contributed by atoms with E-state index in [1.807, 2.05) is 31.2 Å². The van der Waals surface area contributed by atoms with E-state index in [0.717, 1.165) is 0 Å². The van der Waals surface area contributed by atoms with Gasteiger partial charge >= 0.3 is 0 Å². The summed E-state index contributed by atoms with van der Waals surface area (Å²) in [6, 6.07) is 19.4. The number of hydrogen-bond donors (Lipinski definition) is 2. The number of carbonyl (C=O) groups excluding carboxylic acids is 3. The largest absolute Gasteiger partial charge is 0.506 e. The van der Waals surface area contributed by atoms with Gasteiger partial charge in [0.2, 0.25) is 17.7 Å². The van der Waals surface area contributed by atoms with Crippen molar-refractivity contribution in [1.82, 2.24) is 0 Å². The Bertz CT molecular complexity index is 1540. The first-order valence-corrected chi connectivity index (χ1v) is 12.9. The minimum atomic E-state index is -0.807. The van der Waals surface area contributed by atoms with Crippen LogP contribution in [0.3, 0.4) is 0 Å². The van der Waals surface area contributed by atoms with Crippen molar-refractivity contribution in [3.8, 4) is 11.8 Å². The maximum Gasteiger partial charge on any atom is 0.240 e. The van der Waals surface area contributed by atoms with Crippen LogP contribution in [0.2, 0.25) is 0 Å². The Balaban J connectivity index is 1.25. The second kappa shape index (κ2) is 8.67. The van der Waals surface area contributed by atoms with E-state index < -0.39 is 23.0 Å². The van der Waals surface area contributed by atoms with Gasteiger partial charge in [-0.3, -0.25) is 14.4 Å². The smallest absolute Gasteiger partial charge is 0.240 e. The highest BCUT2D eigenvalue weighted by Gasteiger charge is 2.73. The number of imide groups is 1. The van der Waals surface area contributed by atoms with Crippen LogP contribution < -0.4 is 10.2 Å². The summed E-state index contributed by atoms with van der Waals surface area (Å²) < 4.78 is 6.50. The average Bonchev–Trinajstić information content (AvgIpc) is 3.49. The van der Waals surface area contributed by atoms with E-state index in [2.05, 4.69) is 11.4 Å². The van der Waals surface area contributed by atoms with Crippen molar-refractivity contribution >= 4 is 39.9 Å². The summed E-state index contributed by atoms with van der Waals surface area (Å²) >= 11 is 0. The fourth-order valence-electron chi connectivity index (χ4n) is 6.76. The molecule has 0 aliphatic carbocycles. The van der Waals surface area contributed by atoms with Crippen LogP contribution in [-0.2, 0) is 19.1 Å². The van der Waals surface area contributed by atoms with E-state index in [9.17, 15) is 24.8 Å². The molecule has 192 valence electrons. The number of nitrogens with one attached hydrogen (secondary N) is 1. The highest BCUT2D eigenvalue weighted by Crippen LogP contribution is 2.62. The monoisotopic (exact) mass is 509 g/mol. The van der Waals surface area contributed by atoms with E-state index in [0.29, 0.717) is 53.4 Å². The molecular formula is C30H27N3O5. The number of phenolic OH excluding ortho intramolecular Hbond substituents is 1. The number of carbonyl (C=O) groups is 3. The molecule has 3 aliphatic rings. The number of hydrogen-bond acceptors (Lipinski definition) is 6. The lowest BCUT2D eigenvalue weighted by molar-refractivity contribution is -0.130. The highest BCUT2D eigenvalue weighted by molar-refractivity contribution is 6.26. The Morgan fingerprint density at radius 3 is 2.53 bits per heavy atom. The molecule has 2 bridgehead atoms. The molecule has 8 nitrogen and oxygen atoms in total. The first kappa shape index (κ1) is 24.1. The Kier molecular flexibility index (Phi) is 5.51. The predicted octanol–water partition coefficient (Wildman–Crippen LogP) is 4.65. The van der Waals surface area contributed by atoms with Gasteiger partial charge in [0.1, 0.15) is 5.75 Å². The first-order chi connectivity index (χ1) is 18.3. The van der Waals surface area contributed by atoms with Crippen LogP contribution in [0.1, 0.15) is 44.6 Å². The molecule has 3 aromatic carbocycles. The third-order valence-corrected chi connectivity index (χ3v) is 8.46. The minimum absolute atomic E-state index is 0.00143. The molecule has 2 N–H and O–H groups in total. The molecule has 3 amide bonds. The number of nitrogens with zero attached hydrogens (tertiary/aromatic N) is 2. The molecule has 3 aliphatic heterocycles. The molecular weight excluding hydrogens is 482 g/mol. The van der Waals surface area contributed by atoms with Gasteiger partial charge in [-0.1, -0.05) is 36.4 Å². The van der Waals surface area contributed by atoms with Gasteiger partial charge in [0.15, 0.2) is 0 Å². The third kappa shape index (κ3) is 3.50. The predicted molar refractivity (Wildman–Crippen MR) is 140 cm³/mol. The van der Waals surface area contributed by atoms with Crippen molar-refractivity contribution < 1.29 is 24.2 Å². The van der Waals surface area contributed by atoms with Gasteiger partial charge in [-0.05, 0) is 56.9 Å². The van der Waals surface area contributed by atoms with E-state index in [1.165, 1.54) is 11.0 Å². The van der Waals surface area contributed by atoms with E-state index in [1.54, 1.807) is 30.3 Å².